The Morgan fingerprint density at radius 3 is 2.65 bits per heavy atom. The number of nitrogens with zero attached hydrogens (tertiary/aromatic N) is 2. The fraction of sp³-hybridized carbons (Fsp3) is 0.286. The molecule has 0 N–H and O–H groups in total. The number of hydrogen-bond donors (Lipinski definition) is 0. The first-order chi connectivity index (χ1) is 8.11. The van der Waals surface area contributed by atoms with Crippen LogP contribution >= 0.6 is 0 Å². The van der Waals surface area contributed by atoms with E-state index < -0.39 is 0 Å². The Kier molecular flexibility index (Phi) is 3.09. The third-order valence-corrected chi connectivity index (χ3v) is 3.03. The van der Waals surface area contributed by atoms with Gasteiger partial charge in [0.15, 0.2) is 6.29 Å². The highest BCUT2D eigenvalue weighted by molar-refractivity contribution is 5.77. The molecule has 3 nitrogen and oxygen atoms in total. The molecule has 0 fully saturated rings. The average molecular weight is 228 g/mol. The van der Waals surface area contributed by atoms with Crippen LogP contribution in [0.2, 0.25) is 0 Å². The van der Waals surface area contributed by atoms with Crippen LogP contribution in [0.4, 0.5) is 0 Å². The second kappa shape index (κ2) is 4.53. The molecule has 0 aliphatic carbocycles. The van der Waals surface area contributed by atoms with Crippen LogP contribution in [-0.2, 0) is 6.54 Å². The maximum Gasteiger partial charge on any atom is 0.151 e. The van der Waals surface area contributed by atoms with Crippen molar-refractivity contribution in [2.75, 3.05) is 0 Å². The molecule has 0 saturated carbocycles. The van der Waals surface area contributed by atoms with Gasteiger partial charge in [-0.2, -0.15) is 0 Å². The van der Waals surface area contributed by atoms with E-state index in [-0.39, 0.29) is 0 Å². The van der Waals surface area contributed by atoms with Crippen LogP contribution in [-0.4, -0.2) is 15.8 Å². The highest BCUT2D eigenvalue weighted by Crippen LogP contribution is 2.15. The van der Waals surface area contributed by atoms with Gasteiger partial charge in [0, 0.05) is 23.1 Å². The summed E-state index contributed by atoms with van der Waals surface area (Å²) in [5, 5.41) is 0. The van der Waals surface area contributed by atoms with E-state index in [4.69, 9.17) is 0 Å². The van der Waals surface area contributed by atoms with Gasteiger partial charge in [0.1, 0.15) is 0 Å². The third-order valence-electron chi connectivity index (χ3n) is 3.03. The highest BCUT2D eigenvalue weighted by Gasteiger charge is 2.08. The molecule has 88 valence electrons. The van der Waals surface area contributed by atoms with Gasteiger partial charge in [-0.1, -0.05) is 0 Å². The third kappa shape index (κ3) is 2.28. The van der Waals surface area contributed by atoms with Crippen molar-refractivity contribution < 1.29 is 4.79 Å². The van der Waals surface area contributed by atoms with Gasteiger partial charge in [-0.25, -0.2) is 0 Å². The van der Waals surface area contributed by atoms with Crippen LogP contribution < -0.4 is 0 Å². The predicted molar refractivity (Wildman–Crippen MR) is 67.4 cm³/mol. The summed E-state index contributed by atoms with van der Waals surface area (Å²) in [6, 6.07) is 5.97. The van der Waals surface area contributed by atoms with Gasteiger partial charge in [0.25, 0.3) is 0 Å². The van der Waals surface area contributed by atoms with E-state index in [1.165, 1.54) is 5.56 Å². The van der Waals surface area contributed by atoms with Crippen LogP contribution in [0.1, 0.15) is 33.0 Å². The smallest absolute Gasteiger partial charge is 0.151 e. The van der Waals surface area contributed by atoms with Crippen LogP contribution in [0.5, 0.6) is 0 Å². The molecule has 2 aromatic rings. The topological polar surface area (TPSA) is 34.9 Å². The SMILES string of the molecule is Cc1ccnc(Cn2c(C)cc(C=O)c2C)c1. The zero-order valence-electron chi connectivity index (χ0n) is 10.4. The number of aldehydes is 1. The van der Waals surface area contributed by atoms with Crippen molar-refractivity contribution in [3.8, 4) is 0 Å². The van der Waals surface area contributed by atoms with E-state index in [1.54, 1.807) is 0 Å². The van der Waals surface area contributed by atoms with Gasteiger partial charge in [-0.05, 0) is 44.5 Å². The van der Waals surface area contributed by atoms with Crippen molar-refractivity contribution in [3.05, 3.63) is 52.6 Å². The minimum atomic E-state index is 0.715. The molecular weight excluding hydrogens is 212 g/mol. The van der Waals surface area contributed by atoms with Crippen molar-refractivity contribution in [2.24, 2.45) is 0 Å². The lowest BCUT2D eigenvalue weighted by atomic mass is 10.2. The van der Waals surface area contributed by atoms with E-state index >= 15 is 0 Å². The van der Waals surface area contributed by atoms with Gasteiger partial charge >= 0.3 is 0 Å². The molecule has 2 heterocycles. The van der Waals surface area contributed by atoms with Crippen molar-refractivity contribution in [3.63, 3.8) is 0 Å². The van der Waals surface area contributed by atoms with E-state index in [0.717, 1.165) is 28.9 Å². The van der Waals surface area contributed by atoms with E-state index in [1.807, 2.05) is 32.2 Å². The van der Waals surface area contributed by atoms with Gasteiger partial charge in [-0.3, -0.25) is 9.78 Å². The fourth-order valence-electron chi connectivity index (χ4n) is 2.04. The lowest BCUT2D eigenvalue weighted by Gasteiger charge is -2.09. The van der Waals surface area contributed by atoms with Crippen molar-refractivity contribution in [1.29, 1.82) is 0 Å². The first-order valence-electron chi connectivity index (χ1n) is 5.65. The minimum absolute atomic E-state index is 0.715. The summed E-state index contributed by atoms with van der Waals surface area (Å²) in [6.45, 7) is 6.74. The number of aromatic nitrogens is 2. The van der Waals surface area contributed by atoms with Crippen LogP contribution in [0.25, 0.3) is 0 Å². The Morgan fingerprint density at radius 1 is 1.29 bits per heavy atom. The Bertz CT molecular complexity index is 555. The zero-order chi connectivity index (χ0) is 12.4. The number of carbonyl (C=O) groups is 1. The Balaban J connectivity index is 2.36. The molecule has 0 aliphatic rings. The quantitative estimate of drug-likeness (QED) is 0.757. The molecule has 3 heteroatoms. The number of hydrogen-bond acceptors (Lipinski definition) is 2. The summed E-state index contributed by atoms with van der Waals surface area (Å²) in [5.74, 6) is 0. The minimum Gasteiger partial charge on any atom is -0.343 e. The fourth-order valence-corrected chi connectivity index (χ4v) is 2.04. The number of aryl methyl sites for hydroxylation is 2. The van der Waals surface area contributed by atoms with Gasteiger partial charge < -0.3 is 4.57 Å². The van der Waals surface area contributed by atoms with Gasteiger partial charge in [0.05, 0.1) is 12.2 Å². The number of carbonyl (C=O) groups excluding carboxylic acids is 1. The summed E-state index contributed by atoms with van der Waals surface area (Å²) in [5.41, 5.74) is 5.07. The molecule has 0 aromatic carbocycles. The molecule has 0 amide bonds. The second-order valence-corrected chi connectivity index (χ2v) is 4.35. The molecule has 0 saturated heterocycles. The molecule has 0 aliphatic heterocycles. The maximum atomic E-state index is 10.9. The van der Waals surface area contributed by atoms with Crippen molar-refractivity contribution in [2.45, 2.75) is 27.3 Å². The maximum absolute atomic E-state index is 10.9. The lowest BCUT2D eigenvalue weighted by Crippen LogP contribution is -2.05. The molecule has 0 bridgehead atoms. The lowest BCUT2D eigenvalue weighted by molar-refractivity contribution is 0.112. The highest BCUT2D eigenvalue weighted by atomic mass is 16.1. The number of pyridine rings is 1. The molecule has 17 heavy (non-hydrogen) atoms. The summed E-state index contributed by atoms with van der Waals surface area (Å²) in [4.78, 5) is 15.2. The Morgan fingerprint density at radius 2 is 2.06 bits per heavy atom. The summed E-state index contributed by atoms with van der Waals surface area (Å²) in [7, 11) is 0. The number of rotatable bonds is 3. The largest absolute Gasteiger partial charge is 0.343 e. The molecule has 0 atom stereocenters. The van der Waals surface area contributed by atoms with E-state index in [2.05, 4.69) is 22.5 Å². The first kappa shape index (κ1) is 11.6. The molecule has 0 spiro atoms. The zero-order valence-corrected chi connectivity index (χ0v) is 10.4. The van der Waals surface area contributed by atoms with Crippen LogP contribution in [0.3, 0.4) is 0 Å². The standard InChI is InChI=1S/C14H16N2O/c1-10-4-5-15-14(6-10)8-16-11(2)7-13(9-17)12(16)3/h4-7,9H,8H2,1-3H3. The normalized spacial score (nSPS) is 10.5. The van der Waals surface area contributed by atoms with Gasteiger partial charge in [-0.15, -0.1) is 0 Å². The van der Waals surface area contributed by atoms with Crippen LogP contribution in [0.15, 0.2) is 24.4 Å². The molecule has 2 aromatic heterocycles. The van der Waals surface area contributed by atoms with Gasteiger partial charge in [0.2, 0.25) is 0 Å². The van der Waals surface area contributed by atoms with E-state index in [9.17, 15) is 4.79 Å². The van der Waals surface area contributed by atoms with E-state index in [0.29, 0.717) is 6.54 Å². The monoisotopic (exact) mass is 228 g/mol. The first-order valence-corrected chi connectivity index (χ1v) is 5.65. The summed E-state index contributed by atoms with van der Waals surface area (Å²) >= 11 is 0. The summed E-state index contributed by atoms with van der Waals surface area (Å²) in [6.07, 6.45) is 2.72. The second-order valence-electron chi connectivity index (χ2n) is 4.35. The van der Waals surface area contributed by atoms with Crippen molar-refractivity contribution in [1.82, 2.24) is 9.55 Å². The molecule has 2 rings (SSSR count). The average Bonchev–Trinajstić information content (AvgIpc) is 2.56. The molecule has 0 radical (unpaired) electrons. The predicted octanol–water partition coefficient (Wildman–Crippen LogP) is 2.67. The van der Waals surface area contributed by atoms with Crippen molar-refractivity contribution >= 4 is 6.29 Å². The Hall–Kier alpha value is -1.90. The summed E-state index contributed by atoms with van der Waals surface area (Å²) < 4.78 is 2.12. The molecular formula is C14H16N2O. The Labute approximate surface area is 101 Å². The van der Waals surface area contributed by atoms with Crippen LogP contribution in [0, 0.1) is 20.8 Å². The molecule has 0 unspecified atom stereocenters.